The number of thioether (sulfide) groups is 1. The van der Waals surface area contributed by atoms with Gasteiger partial charge in [0.15, 0.2) is 0 Å². The minimum atomic E-state index is -0.812. The van der Waals surface area contributed by atoms with E-state index in [-0.39, 0.29) is 17.1 Å². The SMILES string of the molecule is CC1CC(C(=O)O)CN(C(=O)CSC(C)c2nc3ccccc3[nH]2)C1. The highest BCUT2D eigenvalue weighted by molar-refractivity contribution is 8.00. The number of hydrogen-bond donors (Lipinski definition) is 2. The fourth-order valence-electron chi connectivity index (χ4n) is 3.27. The summed E-state index contributed by atoms with van der Waals surface area (Å²) in [5.41, 5.74) is 1.91. The van der Waals surface area contributed by atoms with E-state index in [2.05, 4.69) is 9.97 Å². The van der Waals surface area contributed by atoms with Gasteiger partial charge in [-0.2, -0.15) is 0 Å². The summed E-state index contributed by atoms with van der Waals surface area (Å²) in [6.07, 6.45) is 0.641. The number of fused-ring (bicyclic) bond motifs is 1. The number of amides is 1. The van der Waals surface area contributed by atoms with Gasteiger partial charge in [0.1, 0.15) is 5.82 Å². The van der Waals surface area contributed by atoms with Gasteiger partial charge in [-0.15, -0.1) is 11.8 Å². The first-order valence-corrected chi connectivity index (χ1v) is 9.55. The lowest BCUT2D eigenvalue weighted by molar-refractivity contribution is -0.146. The summed E-state index contributed by atoms with van der Waals surface area (Å²) in [6, 6.07) is 7.85. The van der Waals surface area contributed by atoms with Crippen molar-refractivity contribution in [2.45, 2.75) is 25.5 Å². The van der Waals surface area contributed by atoms with Crippen molar-refractivity contribution in [1.82, 2.24) is 14.9 Å². The third kappa shape index (κ3) is 4.15. The molecule has 3 atom stereocenters. The number of carboxylic acid groups (broad SMARTS) is 1. The van der Waals surface area contributed by atoms with E-state index in [1.54, 1.807) is 4.90 Å². The third-order valence-electron chi connectivity index (χ3n) is 4.61. The van der Waals surface area contributed by atoms with Crippen LogP contribution in [-0.2, 0) is 9.59 Å². The second kappa shape index (κ2) is 7.47. The molecule has 0 aliphatic carbocycles. The van der Waals surface area contributed by atoms with Gasteiger partial charge in [-0.25, -0.2) is 4.98 Å². The van der Waals surface area contributed by atoms with Gasteiger partial charge < -0.3 is 15.0 Å². The number of nitrogens with zero attached hydrogens (tertiary/aromatic N) is 2. The molecule has 134 valence electrons. The van der Waals surface area contributed by atoms with Crippen molar-refractivity contribution in [2.24, 2.45) is 11.8 Å². The average Bonchev–Trinajstić information content (AvgIpc) is 3.03. The van der Waals surface area contributed by atoms with E-state index in [4.69, 9.17) is 0 Å². The van der Waals surface area contributed by atoms with Crippen LogP contribution in [0.25, 0.3) is 11.0 Å². The Kier molecular flexibility index (Phi) is 5.32. The summed E-state index contributed by atoms with van der Waals surface area (Å²) in [6.45, 7) is 4.98. The maximum Gasteiger partial charge on any atom is 0.308 e. The van der Waals surface area contributed by atoms with Crippen LogP contribution in [0.1, 0.15) is 31.3 Å². The molecule has 1 fully saturated rings. The number of carboxylic acids is 1. The highest BCUT2D eigenvalue weighted by atomic mass is 32.2. The highest BCUT2D eigenvalue weighted by Gasteiger charge is 2.31. The number of likely N-dealkylation sites (tertiary alicyclic amines) is 1. The lowest BCUT2D eigenvalue weighted by Gasteiger charge is -2.34. The fourth-order valence-corrected chi connectivity index (χ4v) is 4.11. The Balaban J connectivity index is 1.58. The van der Waals surface area contributed by atoms with Crippen molar-refractivity contribution in [1.29, 1.82) is 0 Å². The molecule has 3 unspecified atom stereocenters. The molecule has 1 aliphatic rings. The van der Waals surface area contributed by atoms with Crippen molar-refractivity contribution in [2.75, 3.05) is 18.8 Å². The smallest absolute Gasteiger partial charge is 0.308 e. The number of aromatic nitrogens is 2. The van der Waals surface area contributed by atoms with Crippen molar-refractivity contribution >= 4 is 34.7 Å². The number of aliphatic carboxylic acids is 1. The number of imidazole rings is 1. The Morgan fingerprint density at radius 2 is 2.16 bits per heavy atom. The van der Waals surface area contributed by atoms with Crippen LogP contribution >= 0.6 is 11.8 Å². The van der Waals surface area contributed by atoms with E-state index in [1.807, 2.05) is 38.1 Å². The molecule has 1 saturated heterocycles. The van der Waals surface area contributed by atoms with E-state index in [0.29, 0.717) is 25.3 Å². The van der Waals surface area contributed by atoms with Gasteiger partial charge in [-0.05, 0) is 31.4 Å². The number of carbonyl (C=O) groups excluding carboxylic acids is 1. The predicted molar refractivity (Wildman–Crippen MR) is 98.5 cm³/mol. The van der Waals surface area contributed by atoms with E-state index in [0.717, 1.165) is 16.9 Å². The van der Waals surface area contributed by atoms with E-state index >= 15 is 0 Å². The largest absolute Gasteiger partial charge is 0.481 e. The Hall–Kier alpha value is -2.02. The molecule has 3 rings (SSSR count). The molecular formula is C18H23N3O3S. The number of H-pyrrole nitrogens is 1. The summed E-state index contributed by atoms with van der Waals surface area (Å²) in [5.74, 6) is 0.145. The number of nitrogens with one attached hydrogen (secondary N) is 1. The number of rotatable bonds is 5. The zero-order valence-electron chi connectivity index (χ0n) is 14.4. The van der Waals surface area contributed by atoms with Crippen LogP contribution in [0.2, 0.25) is 0 Å². The van der Waals surface area contributed by atoms with E-state index in [9.17, 15) is 14.7 Å². The zero-order chi connectivity index (χ0) is 18.0. The van der Waals surface area contributed by atoms with E-state index in [1.165, 1.54) is 11.8 Å². The molecule has 25 heavy (non-hydrogen) atoms. The van der Waals surface area contributed by atoms with Crippen LogP contribution in [0, 0.1) is 11.8 Å². The Morgan fingerprint density at radius 1 is 1.40 bits per heavy atom. The standard InChI is InChI=1S/C18H23N3O3S/c1-11-7-13(18(23)24)9-21(8-11)16(22)10-25-12(2)17-19-14-5-3-4-6-15(14)20-17/h3-6,11-13H,7-10H2,1-2H3,(H,19,20)(H,23,24). The molecule has 0 saturated carbocycles. The Bertz CT molecular complexity index is 743. The van der Waals surface area contributed by atoms with Gasteiger partial charge >= 0.3 is 5.97 Å². The molecule has 0 bridgehead atoms. The maximum atomic E-state index is 12.5. The quantitative estimate of drug-likeness (QED) is 0.855. The van der Waals surface area contributed by atoms with Crippen molar-refractivity contribution in [3.05, 3.63) is 30.1 Å². The Labute approximate surface area is 151 Å². The molecule has 6 nitrogen and oxygen atoms in total. The number of aromatic amines is 1. The van der Waals surface area contributed by atoms with Crippen molar-refractivity contribution in [3.63, 3.8) is 0 Å². The first kappa shape index (κ1) is 17.8. The van der Waals surface area contributed by atoms with Crippen LogP contribution in [0.15, 0.2) is 24.3 Å². The molecule has 2 aromatic rings. The molecule has 2 N–H and O–H groups in total. The molecule has 0 spiro atoms. The van der Waals surface area contributed by atoms with Gasteiger partial charge in [0.05, 0.1) is 28.0 Å². The lowest BCUT2D eigenvalue weighted by atomic mass is 9.90. The normalized spacial score (nSPS) is 22.1. The summed E-state index contributed by atoms with van der Waals surface area (Å²) in [4.78, 5) is 33.3. The number of benzene rings is 1. The molecule has 1 aromatic carbocycles. The van der Waals surface area contributed by atoms with Crippen LogP contribution in [0.4, 0.5) is 0 Å². The number of para-hydroxylation sites is 2. The van der Waals surface area contributed by atoms with Gasteiger partial charge in [0, 0.05) is 13.1 Å². The zero-order valence-corrected chi connectivity index (χ0v) is 15.3. The van der Waals surface area contributed by atoms with Crippen molar-refractivity contribution < 1.29 is 14.7 Å². The Morgan fingerprint density at radius 3 is 2.88 bits per heavy atom. The second-order valence-electron chi connectivity index (χ2n) is 6.77. The average molecular weight is 361 g/mol. The fraction of sp³-hybridized carbons (Fsp3) is 0.500. The highest BCUT2D eigenvalue weighted by Crippen LogP contribution is 2.29. The summed E-state index contributed by atoms with van der Waals surface area (Å²) >= 11 is 1.52. The molecule has 1 amide bonds. The predicted octanol–water partition coefficient (Wildman–Crippen LogP) is 2.93. The molecule has 7 heteroatoms. The first-order chi connectivity index (χ1) is 11.9. The van der Waals surface area contributed by atoms with Crippen LogP contribution < -0.4 is 0 Å². The minimum absolute atomic E-state index is 0.00533. The molecule has 0 radical (unpaired) electrons. The lowest BCUT2D eigenvalue weighted by Crippen LogP contribution is -2.46. The van der Waals surface area contributed by atoms with Gasteiger partial charge in [-0.3, -0.25) is 9.59 Å². The summed E-state index contributed by atoms with van der Waals surface area (Å²) < 4.78 is 0. The van der Waals surface area contributed by atoms with E-state index < -0.39 is 11.9 Å². The minimum Gasteiger partial charge on any atom is -0.481 e. The monoisotopic (exact) mass is 361 g/mol. The van der Waals surface area contributed by atoms with Gasteiger partial charge in [0.2, 0.25) is 5.91 Å². The second-order valence-corrected chi connectivity index (χ2v) is 8.10. The number of carbonyl (C=O) groups is 2. The van der Waals surface area contributed by atoms with Crippen LogP contribution in [0.5, 0.6) is 0 Å². The molecular weight excluding hydrogens is 338 g/mol. The molecule has 1 aromatic heterocycles. The number of piperidine rings is 1. The van der Waals surface area contributed by atoms with Crippen LogP contribution in [-0.4, -0.2) is 50.7 Å². The van der Waals surface area contributed by atoms with Crippen molar-refractivity contribution in [3.8, 4) is 0 Å². The number of hydrogen-bond acceptors (Lipinski definition) is 4. The summed E-state index contributed by atoms with van der Waals surface area (Å²) in [7, 11) is 0. The maximum absolute atomic E-state index is 12.5. The summed E-state index contributed by atoms with van der Waals surface area (Å²) in [5, 5.41) is 9.30. The first-order valence-electron chi connectivity index (χ1n) is 8.51. The van der Waals surface area contributed by atoms with Gasteiger partial charge in [0.25, 0.3) is 0 Å². The molecule has 2 heterocycles. The topological polar surface area (TPSA) is 86.3 Å². The van der Waals surface area contributed by atoms with Crippen LogP contribution in [0.3, 0.4) is 0 Å². The molecule has 1 aliphatic heterocycles. The third-order valence-corrected chi connectivity index (χ3v) is 5.75. The van der Waals surface area contributed by atoms with Gasteiger partial charge in [-0.1, -0.05) is 19.1 Å².